The molecule has 0 spiro atoms. The van der Waals surface area contributed by atoms with Gasteiger partial charge in [-0.1, -0.05) is 35.1 Å². The number of benzene rings is 2. The van der Waals surface area contributed by atoms with Gasteiger partial charge >= 0.3 is 0 Å². The van der Waals surface area contributed by atoms with Crippen LogP contribution in [0.4, 0.5) is 5.69 Å². The summed E-state index contributed by atoms with van der Waals surface area (Å²) >= 11 is 1.18. The van der Waals surface area contributed by atoms with Crippen molar-refractivity contribution >= 4 is 28.8 Å². The number of ether oxygens (including phenoxy) is 1. The number of amides is 2. The highest BCUT2D eigenvalue weighted by molar-refractivity contribution is 7.13. The van der Waals surface area contributed by atoms with E-state index in [2.05, 4.69) is 26.9 Å². The number of nitrogens with one attached hydrogen (secondary N) is 2. The molecule has 3 aromatic rings. The predicted octanol–water partition coefficient (Wildman–Crippen LogP) is 5.30. The van der Waals surface area contributed by atoms with Gasteiger partial charge in [-0.25, -0.2) is 0 Å². The molecule has 2 aromatic carbocycles. The number of hydrogen-bond donors (Lipinski definition) is 2. The molecule has 0 atom stereocenters. The Morgan fingerprint density at radius 2 is 1.91 bits per heavy atom. The maximum absolute atomic E-state index is 12.5. The zero-order chi connectivity index (χ0) is 23.8. The Balaban J connectivity index is 1.24. The van der Waals surface area contributed by atoms with Gasteiger partial charge in [0.1, 0.15) is 12.4 Å². The fourth-order valence-electron chi connectivity index (χ4n) is 3.71. The van der Waals surface area contributed by atoms with E-state index >= 15 is 0 Å². The molecule has 8 heteroatoms. The molecule has 1 heterocycles. The number of rotatable bonds is 9. The summed E-state index contributed by atoms with van der Waals surface area (Å²) in [5.74, 6) is 0.283. The smallest absolute Gasteiger partial charge is 0.286 e. The van der Waals surface area contributed by atoms with E-state index in [4.69, 9.17) is 4.74 Å². The summed E-state index contributed by atoms with van der Waals surface area (Å²) in [6, 6.07) is 14.5. The Labute approximate surface area is 203 Å². The zero-order valence-electron chi connectivity index (χ0n) is 19.2. The first kappa shape index (κ1) is 23.6. The van der Waals surface area contributed by atoms with Gasteiger partial charge in [0, 0.05) is 17.8 Å². The zero-order valence-corrected chi connectivity index (χ0v) is 20.0. The van der Waals surface area contributed by atoms with Gasteiger partial charge in [0.05, 0.1) is 0 Å². The van der Waals surface area contributed by atoms with Gasteiger partial charge < -0.3 is 15.4 Å². The van der Waals surface area contributed by atoms with E-state index in [0.29, 0.717) is 22.8 Å². The lowest BCUT2D eigenvalue weighted by Gasteiger charge is -2.13. The molecule has 4 rings (SSSR count). The standard InChI is InChI=1S/C26H28N4O3S/c1-18-6-5-9-22(16-18)33-17-23-29-30-26(34-23)25(32)28-21-12-10-20(11-13-21)24(31)27-15-14-19-7-3-2-4-8-19/h5-7,9-13,16H,2-4,8,14-15,17H2,1H3,(H,27,31)(H,28,32). The van der Waals surface area contributed by atoms with Gasteiger partial charge in [-0.15, -0.1) is 10.2 Å². The summed E-state index contributed by atoms with van der Waals surface area (Å²) in [6.07, 6.45) is 8.00. The van der Waals surface area contributed by atoms with Gasteiger partial charge in [0.25, 0.3) is 11.8 Å². The predicted molar refractivity (Wildman–Crippen MR) is 133 cm³/mol. The number of aromatic nitrogens is 2. The molecule has 1 aliphatic rings. The number of carbonyl (C=O) groups is 2. The molecule has 0 unspecified atom stereocenters. The molecule has 0 fully saturated rings. The Kier molecular flexibility index (Phi) is 8.04. The summed E-state index contributed by atoms with van der Waals surface area (Å²) < 4.78 is 5.72. The first-order valence-electron chi connectivity index (χ1n) is 11.5. The normalized spacial score (nSPS) is 13.1. The first-order chi connectivity index (χ1) is 16.6. The molecule has 2 N–H and O–H groups in total. The highest BCUT2D eigenvalue weighted by Gasteiger charge is 2.14. The third kappa shape index (κ3) is 6.74. The molecular formula is C26H28N4O3S. The van der Waals surface area contributed by atoms with Gasteiger partial charge in [-0.3, -0.25) is 9.59 Å². The monoisotopic (exact) mass is 476 g/mol. The fourth-order valence-corrected chi connectivity index (χ4v) is 4.36. The molecule has 0 bridgehead atoms. The maximum Gasteiger partial charge on any atom is 0.286 e. The Morgan fingerprint density at radius 1 is 1.06 bits per heavy atom. The average Bonchev–Trinajstić information content (AvgIpc) is 3.33. The number of anilines is 1. The van der Waals surface area contributed by atoms with Crippen LogP contribution in [0.2, 0.25) is 0 Å². The number of carbonyl (C=O) groups excluding carboxylic acids is 2. The average molecular weight is 477 g/mol. The van der Waals surface area contributed by atoms with Crippen molar-refractivity contribution in [1.29, 1.82) is 0 Å². The minimum atomic E-state index is -0.350. The number of aryl methyl sites for hydroxylation is 1. The van der Waals surface area contributed by atoms with Crippen LogP contribution in [0.25, 0.3) is 0 Å². The summed E-state index contributed by atoms with van der Waals surface area (Å²) in [5.41, 5.74) is 3.69. The summed E-state index contributed by atoms with van der Waals surface area (Å²) in [5, 5.41) is 14.6. The lowest BCUT2D eigenvalue weighted by atomic mass is 9.97. The largest absolute Gasteiger partial charge is 0.486 e. The van der Waals surface area contributed by atoms with Crippen LogP contribution in [0.3, 0.4) is 0 Å². The third-order valence-corrected chi connectivity index (χ3v) is 6.43. The molecular weight excluding hydrogens is 448 g/mol. The minimum absolute atomic E-state index is 0.114. The van der Waals surface area contributed by atoms with Crippen LogP contribution >= 0.6 is 11.3 Å². The van der Waals surface area contributed by atoms with E-state index in [1.165, 1.54) is 29.8 Å². The Bertz CT molecular complexity index is 1170. The van der Waals surface area contributed by atoms with Crippen LogP contribution in [-0.4, -0.2) is 28.6 Å². The number of hydrogen-bond acceptors (Lipinski definition) is 6. The minimum Gasteiger partial charge on any atom is -0.486 e. The van der Waals surface area contributed by atoms with E-state index in [9.17, 15) is 9.59 Å². The van der Waals surface area contributed by atoms with Crippen molar-refractivity contribution in [2.24, 2.45) is 0 Å². The van der Waals surface area contributed by atoms with Crippen molar-refractivity contribution in [3.63, 3.8) is 0 Å². The summed E-state index contributed by atoms with van der Waals surface area (Å²) in [4.78, 5) is 24.9. The molecule has 0 aliphatic heterocycles. The first-order valence-corrected chi connectivity index (χ1v) is 12.3. The van der Waals surface area contributed by atoms with Crippen molar-refractivity contribution < 1.29 is 14.3 Å². The van der Waals surface area contributed by atoms with E-state index in [0.717, 1.165) is 30.6 Å². The summed E-state index contributed by atoms with van der Waals surface area (Å²) in [6.45, 7) is 2.88. The highest BCUT2D eigenvalue weighted by atomic mass is 32.1. The molecule has 34 heavy (non-hydrogen) atoms. The molecule has 7 nitrogen and oxygen atoms in total. The van der Waals surface area contributed by atoms with Crippen molar-refractivity contribution in [3.05, 3.63) is 81.3 Å². The van der Waals surface area contributed by atoms with Crippen molar-refractivity contribution in [2.45, 2.75) is 45.6 Å². The fraction of sp³-hybridized carbons (Fsp3) is 0.308. The number of allylic oxidation sites excluding steroid dienone is 1. The van der Waals surface area contributed by atoms with E-state index in [1.54, 1.807) is 24.3 Å². The molecule has 0 saturated heterocycles. The molecule has 1 aliphatic carbocycles. The second-order valence-electron chi connectivity index (χ2n) is 8.25. The van der Waals surface area contributed by atoms with Crippen LogP contribution in [-0.2, 0) is 6.61 Å². The van der Waals surface area contributed by atoms with E-state index in [1.807, 2.05) is 31.2 Å². The quantitative estimate of drug-likeness (QED) is 0.409. The number of nitrogens with zero attached hydrogens (tertiary/aromatic N) is 2. The van der Waals surface area contributed by atoms with Crippen LogP contribution in [0, 0.1) is 6.92 Å². The van der Waals surface area contributed by atoms with Gasteiger partial charge in [0.15, 0.2) is 5.01 Å². The second kappa shape index (κ2) is 11.6. The van der Waals surface area contributed by atoms with Crippen molar-refractivity contribution in [2.75, 3.05) is 11.9 Å². The molecule has 176 valence electrons. The van der Waals surface area contributed by atoms with Crippen LogP contribution in [0.5, 0.6) is 5.75 Å². The van der Waals surface area contributed by atoms with Gasteiger partial charge in [0.2, 0.25) is 5.01 Å². The molecule has 0 saturated carbocycles. The Morgan fingerprint density at radius 3 is 2.68 bits per heavy atom. The van der Waals surface area contributed by atoms with Crippen LogP contribution < -0.4 is 15.4 Å². The highest BCUT2D eigenvalue weighted by Crippen LogP contribution is 2.20. The third-order valence-electron chi connectivity index (χ3n) is 5.53. The summed E-state index contributed by atoms with van der Waals surface area (Å²) in [7, 11) is 0. The van der Waals surface area contributed by atoms with Gasteiger partial charge in [-0.05, 0) is 81.0 Å². The molecule has 2 amide bonds. The van der Waals surface area contributed by atoms with Gasteiger partial charge in [-0.2, -0.15) is 0 Å². The maximum atomic E-state index is 12.5. The lowest BCUT2D eigenvalue weighted by molar-refractivity contribution is 0.0953. The molecule has 0 radical (unpaired) electrons. The Hall–Kier alpha value is -3.52. The SMILES string of the molecule is Cc1cccc(OCc2nnc(C(=O)Nc3ccc(C(=O)NCCC4=CCCCC4)cc3)s2)c1. The van der Waals surface area contributed by atoms with Crippen LogP contribution in [0.1, 0.15) is 62.8 Å². The van der Waals surface area contributed by atoms with Crippen LogP contribution in [0.15, 0.2) is 60.2 Å². The van der Waals surface area contributed by atoms with E-state index in [-0.39, 0.29) is 23.4 Å². The second-order valence-corrected chi connectivity index (χ2v) is 9.31. The molecule has 1 aromatic heterocycles. The van der Waals surface area contributed by atoms with Crippen molar-refractivity contribution in [1.82, 2.24) is 15.5 Å². The van der Waals surface area contributed by atoms with Crippen molar-refractivity contribution in [3.8, 4) is 5.75 Å². The van der Waals surface area contributed by atoms with E-state index < -0.39 is 0 Å². The topological polar surface area (TPSA) is 93.2 Å². The lowest BCUT2D eigenvalue weighted by Crippen LogP contribution is -2.24.